The molecule has 0 unspecified atom stereocenters. The van der Waals surface area contributed by atoms with Gasteiger partial charge in [-0.1, -0.05) is 31.0 Å². The van der Waals surface area contributed by atoms with Crippen LogP contribution in [-0.2, 0) is 0 Å². The van der Waals surface area contributed by atoms with Crippen LogP contribution in [0.3, 0.4) is 0 Å². The minimum Gasteiger partial charge on any atom is -0.362 e. The minimum absolute atomic E-state index is 0.603. The highest BCUT2D eigenvalue weighted by Crippen LogP contribution is 2.17. The van der Waals surface area contributed by atoms with E-state index in [1.54, 1.807) is 0 Å². The fourth-order valence-electron chi connectivity index (χ4n) is 2.16. The summed E-state index contributed by atoms with van der Waals surface area (Å²) in [6, 6.07) is 11.1. The lowest BCUT2D eigenvalue weighted by Crippen LogP contribution is -2.41. The fourth-order valence-corrected chi connectivity index (χ4v) is 3.21. The molecule has 2 N–H and O–H groups in total. The lowest BCUT2D eigenvalue weighted by atomic mass is 10.3. The van der Waals surface area contributed by atoms with Gasteiger partial charge in [-0.05, 0) is 37.2 Å². The summed E-state index contributed by atoms with van der Waals surface area (Å²) in [5, 5.41) is 7.48. The maximum Gasteiger partial charge on any atom is 0.166 e. The van der Waals surface area contributed by atoms with Crippen LogP contribution < -0.4 is 10.6 Å². The number of benzene rings is 1. The van der Waals surface area contributed by atoms with Gasteiger partial charge in [-0.2, -0.15) is 0 Å². The zero-order valence-electron chi connectivity index (χ0n) is 10.5. The monoisotopic (exact) mass is 280 g/mol. The highest BCUT2D eigenvalue weighted by molar-refractivity contribution is 7.99. The van der Waals surface area contributed by atoms with Crippen molar-refractivity contribution in [1.29, 1.82) is 0 Å². The van der Waals surface area contributed by atoms with Gasteiger partial charge in [-0.3, -0.25) is 0 Å². The molecule has 1 aromatic rings. The Hall–Kier alpha value is -0.740. The second-order valence-electron chi connectivity index (χ2n) is 4.54. The molecule has 98 valence electrons. The standard InChI is InChI=1S/C14H20N2S2/c17-14(16-12-6-4-5-7-12)15-10-11-18-13-8-2-1-3-9-13/h1-3,8-9,12H,4-7,10-11H2,(H2,15,16,17). The number of thiocarbonyl (C=S) groups is 1. The van der Waals surface area contributed by atoms with E-state index in [0.717, 1.165) is 17.4 Å². The van der Waals surface area contributed by atoms with Crippen LogP contribution in [0.5, 0.6) is 0 Å². The smallest absolute Gasteiger partial charge is 0.166 e. The Labute approximate surface area is 119 Å². The Bertz CT molecular complexity index is 361. The Morgan fingerprint density at radius 2 is 1.94 bits per heavy atom. The van der Waals surface area contributed by atoms with Crippen molar-refractivity contribution in [2.75, 3.05) is 12.3 Å². The first-order valence-corrected chi connectivity index (χ1v) is 7.96. The molecule has 0 bridgehead atoms. The molecule has 0 saturated heterocycles. The molecule has 2 rings (SSSR count). The molecular weight excluding hydrogens is 260 g/mol. The summed E-state index contributed by atoms with van der Waals surface area (Å²) in [6.07, 6.45) is 5.20. The maximum atomic E-state index is 5.29. The Morgan fingerprint density at radius 3 is 2.67 bits per heavy atom. The molecule has 1 fully saturated rings. The van der Waals surface area contributed by atoms with Gasteiger partial charge in [0.25, 0.3) is 0 Å². The third kappa shape index (κ3) is 4.86. The van der Waals surface area contributed by atoms with E-state index in [4.69, 9.17) is 12.2 Å². The summed E-state index contributed by atoms with van der Waals surface area (Å²) in [6.45, 7) is 0.915. The number of hydrogen-bond donors (Lipinski definition) is 2. The zero-order valence-corrected chi connectivity index (χ0v) is 12.2. The second kappa shape index (κ2) is 7.64. The van der Waals surface area contributed by atoms with Crippen molar-refractivity contribution in [1.82, 2.24) is 10.6 Å². The molecule has 1 aliphatic carbocycles. The topological polar surface area (TPSA) is 24.1 Å². The van der Waals surface area contributed by atoms with Gasteiger partial charge in [-0.15, -0.1) is 11.8 Å². The Balaban J connectivity index is 1.56. The zero-order chi connectivity index (χ0) is 12.6. The van der Waals surface area contributed by atoms with E-state index in [1.165, 1.54) is 30.6 Å². The van der Waals surface area contributed by atoms with Gasteiger partial charge in [0.05, 0.1) is 0 Å². The van der Waals surface area contributed by atoms with Crippen molar-refractivity contribution in [2.45, 2.75) is 36.6 Å². The predicted molar refractivity (Wildman–Crippen MR) is 83.2 cm³/mol. The quantitative estimate of drug-likeness (QED) is 0.491. The van der Waals surface area contributed by atoms with Gasteiger partial charge < -0.3 is 10.6 Å². The van der Waals surface area contributed by atoms with Crippen LogP contribution in [0, 0.1) is 0 Å². The van der Waals surface area contributed by atoms with Gasteiger partial charge in [-0.25, -0.2) is 0 Å². The van der Waals surface area contributed by atoms with Crippen molar-refractivity contribution in [3.63, 3.8) is 0 Å². The third-order valence-corrected chi connectivity index (χ3v) is 4.37. The number of rotatable bonds is 5. The van der Waals surface area contributed by atoms with Crippen molar-refractivity contribution in [2.24, 2.45) is 0 Å². The summed E-state index contributed by atoms with van der Waals surface area (Å²) in [5.41, 5.74) is 0. The summed E-state index contributed by atoms with van der Waals surface area (Å²) < 4.78 is 0. The average molecular weight is 280 g/mol. The lowest BCUT2D eigenvalue weighted by Gasteiger charge is -2.15. The molecule has 18 heavy (non-hydrogen) atoms. The average Bonchev–Trinajstić information content (AvgIpc) is 2.89. The summed E-state index contributed by atoms with van der Waals surface area (Å²) in [4.78, 5) is 1.31. The normalized spacial score (nSPS) is 15.6. The van der Waals surface area contributed by atoms with E-state index < -0.39 is 0 Å². The van der Waals surface area contributed by atoms with Gasteiger partial charge >= 0.3 is 0 Å². The molecule has 0 aliphatic heterocycles. The Kier molecular flexibility index (Phi) is 5.81. The molecule has 1 aliphatic rings. The van der Waals surface area contributed by atoms with Crippen LogP contribution in [0.1, 0.15) is 25.7 Å². The van der Waals surface area contributed by atoms with Crippen molar-refractivity contribution < 1.29 is 0 Å². The van der Waals surface area contributed by atoms with Crippen LogP contribution in [-0.4, -0.2) is 23.5 Å². The molecule has 0 amide bonds. The SMILES string of the molecule is S=C(NCCSc1ccccc1)NC1CCCC1. The maximum absolute atomic E-state index is 5.29. The first-order chi connectivity index (χ1) is 8.84. The minimum atomic E-state index is 0.603. The number of nitrogens with one attached hydrogen (secondary N) is 2. The van der Waals surface area contributed by atoms with E-state index in [9.17, 15) is 0 Å². The van der Waals surface area contributed by atoms with Gasteiger partial charge in [0, 0.05) is 23.2 Å². The van der Waals surface area contributed by atoms with Crippen molar-refractivity contribution >= 4 is 29.1 Å². The molecule has 1 aromatic carbocycles. The predicted octanol–water partition coefficient (Wildman–Crippen LogP) is 3.19. The summed E-state index contributed by atoms with van der Waals surface area (Å²) >= 11 is 7.14. The first kappa shape index (κ1) is 13.7. The fraction of sp³-hybridized carbons (Fsp3) is 0.500. The second-order valence-corrected chi connectivity index (χ2v) is 6.12. The van der Waals surface area contributed by atoms with Crippen LogP contribution in [0.2, 0.25) is 0 Å². The molecule has 0 aromatic heterocycles. The highest BCUT2D eigenvalue weighted by Gasteiger charge is 2.14. The lowest BCUT2D eigenvalue weighted by molar-refractivity contribution is 0.623. The van der Waals surface area contributed by atoms with Crippen molar-refractivity contribution in [3.8, 4) is 0 Å². The first-order valence-electron chi connectivity index (χ1n) is 6.57. The van der Waals surface area contributed by atoms with E-state index in [0.29, 0.717) is 6.04 Å². The summed E-state index contributed by atoms with van der Waals surface area (Å²) in [5.74, 6) is 1.04. The van der Waals surface area contributed by atoms with Gasteiger partial charge in [0.15, 0.2) is 5.11 Å². The number of hydrogen-bond acceptors (Lipinski definition) is 2. The molecule has 4 heteroatoms. The molecule has 0 spiro atoms. The van der Waals surface area contributed by atoms with Crippen molar-refractivity contribution in [3.05, 3.63) is 30.3 Å². The van der Waals surface area contributed by atoms with Gasteiger partial charge in [0.1, 0.15) is 0 Å². The van der Waals surface area contributed by atoms with Crippen LogP contribution in [0.4, 0.5) is 0 Å². The number of thioether (sulfide) groups is 1. The largest absolute Gasteiger partial charge is 0.362 e. The molecule has 0 heterocycles. The van der Waals surface area contributed by atoms with Crippen LogP contribution >= 0.6 is 24.0 Å². The molecule has 0 atom stereocenters. The van der Waals surface area contributed by atoms with E-state index in [1.807, 2.05) is 17.8 Å². The molecule has 2 nitrogen and oxygen atoms in total. The van der Waals surface area contributed by atoms with E-state index in [-0.39, 0.29) is 0 Å². The van der Waals surface area contributed by atoms with Crippen LogP contribution in [0.15, 0.2) is 35.2 Å². The Morgan fingerprint density at radius 1 is 1.22 bits per heavy atom. The van der Waals surface area contributed by atoms with E-state index >= 15 is 0 Å². The van der Waals surface area contributed by atoms with Crippen LogP contribution in [0.25, 0.3) is 0 Å². The molecule has 0 radical (unpaired) electrons. The van der Waals surface area contributed by atoms with E-state index in [2.05, 4.69) is 34.9 Å². The third-order valence-electron chi connectivity index (χ3n) is 3.09. The summed E-state index contributed by atoms with van der Waals surface area (Å²) in [7, 11) is 0. The van der Waals surface area contributed by atoms with Gasteiger partial charge in [0.2, 0.25) is 0 Å². The molecular formula is C14H20N2S2. The molecule has 1 saturated carbocycles. The highest BCUT2D eigenvalue weighted by atomic mass is 32.2.